The molecule has 0 amide bonds. The van der Waals surface area contributed by atoms with Gasteiger partial charge in [0.2, 0.25) is 0 Å². The van der Waals surface area contributed by atoms with Gasteiger partial charge in [0.15, 0.2) is 9.84 Å². The van der Waals surface area contributed by atoms with Gasteiger partial charge >= 0.3 is 0 Å². The molecule has 0 aromatic heterocycles. The lowest BCUT2D eigenvalue weighted by Crippen LogP contribution is -2.50. The van der Waals surface area contributed by atoms with Gasteiger partial charge in [-0.05, 0) is 19.8 Å². The molecule has 2 N–H and O–H groups in total. The largest absolute Gasteiger partial charge is 0.328 e. The number of hydrogen-bond acceptors (Lipinski definition) is 4. The molecule has 1 saturated heterocycles. The molecule has 0 saturated carbocycles. The molecular formula is C10H18N2O2S. The van der Waals surface area contributed by atoms with Crippen LogP contribution in [-0.4, -0.2) is 43.7 Å². The molecule has 0 aliphatic carbocycles. The highest BCUT2D eigenvalue weighted by Gasteiger charge is 2.32. The Bertz CT molecular complexity index is 364. The average molecular weight is 230 g/mol. The molecule has 0 aromatic rings. The van der Waals surface area contributed by atoms with E-state index in [1.807, 2.05) is 6.08 Å². The average Bonchev–Trinajstić information content (AvgIpc) is 2.46. The summed E-state index contributed by atoms with van der Waals surface area (Å²) in [5.41, 5.74) is 5.88. The zero-order chi connectivity index (χ0) is 11.1. The number of hydrogen-bond donors (Lipinski definition) is 1. The van der Waals surface area contributed by atoms with Crippen molar-refractivity contribution in [1.82, 2.24) is 4.90 Å². The zero-order valence-corrected chi connectivity index (χ0v) is 9.78. The van der Waals surface area contributed by atoms with Crippen LogP contribution < -0.4 is 5.73 Å². The maximum atomic E-state index is 11.3. The monoisotopic (exact) mass is 230 g/mol. The predicted octanol–water partition coefficient (Wildman–Crippen LogP) is 0.109. The summed E-state index contributed by atoms with van der Waals surface area (Å²) in [5, 5.41) is 1.35. The van der Waals surface area contributed by atoms with E-state index in [2.05, 4.69) is 11.8 Å². The van der Waals surface area contributed by atoms with Crippen molar-refractivity contribution in [2.24, 2.45) is 5.73 Å². The van der Waals surface area contributed by atoms with E-state index in [0.717, 1.165) is 19.4 Å². The van der Waals surface area contributed by atoms with Crippen LogP contribution in [0.5, 0.6) is 0 Å². The minimum absolute atomic E-state index is 0.0671. The van der Waals surface area contributed by atoms with Crippen LogP contribution in [-0.2, 0) is 9.84 Å². The molecule has 3 unspecified atom stereocenters. The lowest BCUT2D eigenvalue weighted by atomic mass is 9.97. The molecule has 4 nitrogen and oxygen atoms in total. The van der Waals surface area contributed by atoms with Crippen LogP contribution in [0.2, 0.25) is 0 Å². The summed E-state index contributed by atoms with van der Waals surface area (Å²) in [6.45, 7) is 3.03. The van der Waals surface area contributed by atoms with Crippen LogP contribution in [0.4, 0.5) is 0 Å². The molecular weight excluding hydrogens is 212 g/mol. The Labute approximate surface area is 91.0 Å². The third-order valence-corrected chi connectivity index (χ3v) is 4.68. The Kier molecular flexibility index (Phi) is 2.87. The fraction of sp³-hybridized carbons (Fsp3) is 0.800. The fourth-order valence-corrected chi connectivity index (χ4v) is 3.80. The van der Waals surface area contributed by atoms with Crippen molar-refractivity contribution in [2.45, 2.75) is 37.9 Å². The van der Waals surface area contributed by atoms with E-state index in [0.29, 0.717) is 6.04 Å². The number of rotatable bonds is 1. The molecule has 5 heteroatoms. The molecule has 0 aromatic carbocycles. The fourth-order valence-electron chi connectivity index (χ4n) is 2.49. The maximum Gasteiger partial charge on any atom is 0.173 e. The highest BCUT2D eigenvalue weighted by atomic mass is 32.2. The summed E-state index contributed by atoms with van der Waals surface area (Å²) in [6.07, 6.45) is 3.74. The first-order chi connectivity index (χ1) is 6.98. The topological polar surface area (TPSA) is 63.4 Å². The summed E-state index contributed by atoms with van der Waals surface area (Å²) in [5.74, 6) is 0.243. The van der Waals surface area contributed by atoms with Crippen molar-refractivity contribution in [1.29, 1.82) is 0 Å². The predicted molar refractivity (Wildman–Crippen MR) is 60.1 cm³/mol. The van der Waals surface area contributed by atoms with E-state index in [9.17, 15) is 8.42 Å². The second-order valence-corrected chi connectivity index (χ2v) is 6.53. The summed E-state index contributed by atoms with van der Waals surface area (Å²) in [4.78, 5) is 2.25. The Hall–Kier alpha value is -0.390. The molecule has 15 heavy (non-hydrogen) atoms. The van der Waals surface area contributed by atoms with Crippen LogP contribution in [0.25, 0.3) is 0 Å². The first-order valence-corrected chi connectivity index (χ1v) is 7.12. The van der Waals surface area contributed by atoms with Crippen molar-refractivity contribution in [2.75, 3.05) is 12.3 Å². The van der Waals surface area contributed by atoms with Crippen LogP contribution >= 0.6 is 0 Å². The van der Waals surface area contributed by atoms with Gasteiger partial charge in [0.25, 0.3) is 0 Å². The lowest BCUT2D eigenvalue weighted by molar-refractivity contribution is 0.127. The van der Waals surface area contributed by atoms with Gasteiger partial charge in [-0.1, -0.05) is 6.08 Å². The molecule has 2 heterocycles. The molecule has 2 aliphatic rings. The molecule has 86 valence electrons. The number of likely N-dealkylation sites (tertiary alicyclic amines) is 1. The van der Waals surface area contributed by atoms with Crippen LogP contribution in [0, 0.1) is 0 Å². The van der Waals surface area contributed by atoms with Crippen molar-refractivity contribution in [3.63, 3.8) is 0 Å². The van der Waals surface area contributed by atoms with Gasteiger partial charge in [0.05, 0.1) is 5.75 Å². The molecule has 0 radical (unpaired) electrons. The second kappa shape index (κ2) is 3.88. The van der Waals surface area contributed by atoms with Gasteiger partial charge in [-0.3, -0.25) is 4.90 Å². The van der Waals surface area contributed by atoms with E-state index in [1.165, 1.54) is 5.41 Å². The van der Waals surface area contributed by atoms with Gasteiger partial charge in [0, 0.05) is 30.1 Å². The smallest absolute Gasteiger partial charge is 0.173 e. The Morgan fingerprint density at radius 3 is 2.73 bits per heavy atom. The third-order valence-electron chi connectivity index (χ3n) is 3.31. The van der Waals surface area contributed by atoms with Crippen LogP contribution in [0.15, 0.2) is 11.5 Å². The van der Waals surface area contributed by atoms with Crippen LogP contribution in [0.3, 0.4) is 0 Å². The maximum absolute atomic E-state index is 11.3. The Balaban J connectivity index is 2.04. The molecule has 1 fully saturated rings. The minimum atomic E-state index is -2.94. The summed E-state index contributed by atoms with van der Waals surface area (Å²) in [7, 11) is -2.94. The quantitative estimate of drug-likeness (QED) is 0.694. The molecule has 2 rings (SSSR count). The van der Waals surface area contributed by atoms with Gasteiger partial charge < -0.3 is 5.73 Å². The first-order valence-electron chi connectivity index (χ1n) is 5.40. The SMILES string of the molecule is CC1CC(N)CCN1C1C=CS(=O)(=O)C1. The number of piperidine rings is 1. The molecule has 3 atom stereocenters. The van der Waals surface area contributed by atoms with E-state index in [4.69, 9.17) is 5.73 Å². The van der Waals surface area contributed by atoms with E-state index in [-0.39, 0.29) is 17.8 Å². The third kappa shape index (κ3) is 2.41. The highest BCUT2D eigenvalue weighted by molar-refractivity contribution is 7.94. The molecule has 0 spiro atoms. The van der Waals surface area contributed by atoms with Crippen molar-refractivity contribution >= 4 is 9.84 Å². The molecule has 2 aliphatic heterocycles. The number of nitrogens with zero attached hydrogens (tertiary/aromatic N) is 1. The standard InChI is InChI=1S/C10H18N2O2S/c1-8-6-9(11)2-4-12(8)10-3-5-15(13,14)7-10/h3,5,8-10H,2,4,6-7,11H2,1H3. The van der Waals surface area contributed by atoms with Gasteiger partial charge in [-0.15, -0.1) is 0 Å². The van der Waals surface area contributed by atoms with Gasteiger partial charge in [-0.2, -0.15) is 0 Å². The highest BCUT2D eigenvalue weighted by Crippen LogP contribution is 2.23. The Morgan fingerprint density at radius 1 is 1.47 bits per heavy atom. The van der Waals surface area contributed by atoms with E-state index >= 15 is 0 Å². The zero-order valence-electron chi connectivity index (χ0n) is 8.96. The Morgan fingerprint density at radius 2 is 2.20 bits per heavy atom. The van der Waals surface area contributed by atoms with Gasteiger partial charge in [0.1, 0.15) is 0 Å². The number of nitrogens with two attached hydrogens (primary N) is 1. The minimum Gasteiger partial charge on any atom is -0.328 e. The van der Waals surface area contributed by atoms with Gasteiger partial charge in [-0.25, -0.2) is 8.42 Å². The van der Waals surface area contributed by atoms with Crippen molar-refractivity contribution in [3.8, 4) is 0 Å². The van der Waals surface area contributed by atoms with E-state index in [1.54, 1.807) is 0 Å². The summed E-state index contributed by atoms with van der Waals surface area (Å²) < 4.78 is 22.6. The number of sulfone groups is 1. The first kappa shape index (κ1) is 11.1. The van der Waals surface area contributed by atoms with Crippen LogP contribution in [0.1, 0.15) is 19.8 Å². The normalized spacial score (nSPS) is 40.8. The summed E-state index contributed by atoms with van der Waals surface area (Å²) in [6, 6.07) is 0.729. The van der Waals surface area contributed by atoms with Crippen molar-refractivity contribution < 1.29 is 8.42 Å². The summed E-state index contributed by atoms with van der Waals surface area (Å²) >= 11 is 0. The second-order valence-electron chi connectivity index (χ2n) is 4.60. The lowest BCUT2D eigenvalue weighted by Gasteiger charge is -2.39. The molecule has 0 bridgehead atoms. The van der Waals surface area contributed by atoms with E-state index < -0.39 is 9.84 Å². The van der Waals surface area contributed by atoms with Crippen molar-refractivity contribution in [3.05, 3.63) is 11.5 Å².